The van der Waals surface area contributed by atoms with Gasteiger partial charge in [-0.25, -0.2) is 0 Å². The van der Waals surface area contributed by atoms with Gasteiger partial charge < -0.3 is 119 Å². The molecule has 0 heterocycles. The third kappa shape index (κ3) is 128. The molecule has 0 amide bonds. The van der Waals surface area contributed by atoms with Crippen molar-refractivity contribution in [2.45, 2.75) is 0 Å². The van der Waals surface area contributed by atoms with Gasteiger partial charge >= 0.3 is 159 Å². The summed E-state index contributed by atoms with van der Waals surface area (Å²) < 4.78 is 0. The van der Waals surface area contributed by atoms with Gasteiger partial charge in [0.15, 0.2) is 0 Å². The molecular formula is H4Cu2In2Se9Zn2. The number of hydrogen-bond acceptors (Lipinski definition) is 0. The molecule has 0 rings (SSSR count). The predicted molar refractivity (Wildman–Crippen MR) is 68.9 cm³/mol. The fourth-order valence-corrected chi connectivity index (χ4v) is 0. The van der Waals surface area contributed by atoms with Crippen molar-refractivity contribution in [1.29, 1.82) is 0 Å². The van der Waals surface area contributed by atoms with E-state index in [1.54, 1.807) is 0 Å². The Morgan fingerprint density at radius 3 is 0.333 bits per heavy atom. The normalized spacial score (nSPS) is 0. The Kier molecular flexibility index (Phi) is 1520. The van der Waals surface area contributed by atoms with Crippen LogP contribution in [0.15, 0.2) is 0 Å². The van der Waals surface area contributed by atoms with Crippen molar-refractivity contribution in [3.05, 3.63) is 0 Å². The van der Waals surface area contributed by atoms with E-state index in [2.05, 4.69) is 0 Å². The van der Waals surface area contributed by atoms with E-state index in [1.165, 1.54) is 0 Å². The van der Waals surface area contributed by atoms with Gasteiger partial charge in [0.05, 0.1) is 0 Å². The van der Waals surface area contributed by atoms with E-state index in [4.69, 9.17) is 0 Å². The zero-order valence-corrected chi connectivity index (χ0v) is 37.6. The van der Waals surface area contributed by atoms with Crippen LogP contribution in [0.2, 0.25) is 0 Å². The van der Waals surface area contributed by atoms with Crippen molar-refractivity contribution < 1.29 is 73.1 Å². The van der Waals surface area contributed by atoms with Crippen molar-refractivity contribution >= 4 is 205 Å². The van der Waals surface area contributed by atoms with E-state index in [-0.39, 0.29) is 278 Å². The molecule has 2 radical (unpaired) electrons. The maximum absolute atomic E-state index is 0. The summed E-state index contributed by atoms with van der Waals surface area (Å²) in [6.07, 6.45) is 0. The van der Waals surface area contributed by atoms with E-state index < -0.39 is 0 Å². The van der Waals surface area contributed by atoms with Gasteiger partial charge in [-0.2, -0.15) is 0 Å². The molecule has 0 aliphatic heterocycles. The Hall–Kier alpha value is 8.70. The smallest absolute Gasteiger partial charge is 2.00 e. The first-order chi connectivity index (χ1) is 0. The summed E-state index contributed by atoms with van der Waals surface area (Å²) >= 11 is 0. The minimum Gasteiger partial charge on any atom is 2.00 e. The van der Waals surface area contributed by atoms with E-state index >= 15 is 0 Å². The second-order valence-corrected chi connectivity index (χ2v) is 0. The van der Waals surface area contributed by atoms with Gasteiger partial charge in [0, 0.05) is 0 Å². The maximum atomic E-state index is 0. The van der Waals surface area contributed by atoms with E-state index in [0.29, 0.717) is 0 Å². The largest absolute Gasteiger partial charge is 2.00 e. The van der Waals surface area contributed by atoms with E-state index in [9.17, 15) is 0 Å². The van der Waals surface area contributed by atoms with Gasteiger partial charge in [-0.1, -0.05) is 0 Å². The third-order valence-corrected chi connectivity index (χ3v) is 0. The standard InChI is InChI=1S/2Cu.2In.2H2Se.7Se.2Zn/h;;;;2*1H2;;;;;;;;;/q2*+2;2*+3;;;7*-2;2*+2. The minimum absolute atomic E-state index is 0. The molecule has 0 nitrogen and oxygen atoms in total. The summed E-state index contributed by atoms with van der Waals surface area (Å²) in [5, 5.41) is 0. The Labute approximate surface area is 272 Å². The van der Waals surface area contributed by atoms with E-state index in [0.717, 1.165) is 0 Å². The summed E-state index contributed by atoms with van der Waals surface area (Å²) in [4.78, 5) is 0. The molecule has 0 fully saturated rings. The van der Waals surface area contributed by atoms with E-state index in [1.807, 2.05) is 0 Å². The second kappa shape index (κ2) is 141. The van der Waals surface area contributed by atoms with Crippen LogP contribution in [0, 0.1) is 0 Å². The van der Waals surface area contributed by atoms with Crippen LogP contribution < -0.4 is 0 Å². The Bertz CT molecular complexity index is 24.1. The summed E-state index contributed by atoms with van der Waals surface area (Å²) in [6, 6.07) is 0. The molecule has 15 heteroatoms. The van der Waals surface area contributed by atoms with Crippen molar-refractivity contribution in [1.82, 2.24) is 0 Å². The molecule has 15 heavy (non-hydrogen) atoms. The number of rotatable bonds is 0. The first-order valence-electron chi connectivity index (χ1n) is 0. The molecule has 0 aliphatic rings. The van der Waals surface area contributed by atoms with Crippen LogP contribution in [0.4, 0.5) is 0 Å². The minimum atomic E-state index is 0. The van der Waals surface area contributed by atoms with Gasteiger partial charge in [-0.15, -0.1) is 0 Å². The van der Waals surface area contributed by atoms with Gasteiger partial charge in [0.1, 0.15) is 0 Å². The van der Waals surface area contributed by atoms with Crippen LogP contribution in [-0.2, 0) is 73.1 Å². The molecule has 0 aromatic heterocycles. The molecule has 90 valence electrons. The molecule has 0 atom stereocenters. The van der Waals surface area contributed by atoms with Crippen LogP contribution in [0.5, 0.6) is 0 Å². The third-order valence-electron chi connectivity index (χ3n) is 0. The molecule has 0 unspecified atom stereocenters. The SMILES string of the molecule is [Cu+2].[Cu+2].[In+3].[In+3].[Se-2].[Se-2].[Se-2].[Se-2].[Se-2].[Se-2].[Se-2].[SeH2].[SeH2].[Zn+2].[Zn+2]. The summed E-state index contributed by atoms with van der Waals surface area (Å²) in [5.74, 6) is 0. The van der Waals surface area contributed by atoms with Crippen LogP contribution >= 0.6 is 0 Å². The van der Waals surface area contributed by atoms with Crippen LogP contribution in [0.3, 0.4) is 0 Å². The Morgan fingerprint density at radius 1 is 0.333 bits per heavy atom. The molecule has 0 saturated carbocycles. The molecule has 0 aromatic rings. The average molecular weight is 1200 g/mol. The molecule has 0 aromatic carbocycles. The molecule has 0 aliphatic carbocycles. The second-order valence-electron chi connectivity index (χ2n) is 0. The van der Waals surface area contributed by atoms with Gasteiger partial charge in [0.2, 0.25) is 0 Å². The Balaban J connectivity index is 0. The molecule has 0 N–H and O–H groups in total. The van der Waals surface area contributed by atoms with Crippen molar-refractivity contribution in [2.75, 3.05) is 0 Å². The van der Waals surface area contributed by atoms with Crippen molar-refractivity contribution in [3.8, 4) is 0 Å². The molecule has 0 saturated heterocycles. The van der Waals surface area contributed by atoms with Crippen LogP contribution in [0.25, 0.3) is 0 Å². The predicted octanol–water partition coefficient (Wildman–Crippen LogP) is -5.27. The van der Waals surface area contributed by atoms with Gasteiger partial charge in [-0.05, 0) is 0 Å². The fraction of sp³-hybridized carbons (Fsp3) is 0. The first kappa shape index (κ1) is 161. The number of hydrogen-bond donors (Lipinski definition) is 0. The molecule has 0 bridgehead atoms. The Morgan fingerprint density at radius 2 is 0.333 bits per heavy atom. The first-order valence-corrected chi connectivity index (χ1v) is 0. The summed E-state index contributed by atoms with van der Waals surface area (Å²) in [6.45, 7) is 0. The van der Waals surface area contributed by atoms with Crippen LogP contribution in [0.1, 0.15) is 0 Å². The maximum Gasteiger partial charge on any atom is 2.00 e. The van der Waals surface area contributed by atoms with Crippen molar-refractivity contribution in [2.24, 2.45) is 0 Å². The average Bonchev–Trinajstić information content (AvgIpc) is 0. The summed E-state index contributed by atoms with van der Waals surface area (Å²) in [5.41, 5.74) is 0. The van der Waals surface area contributed by atoms with Crippen molar-refractivity contribution in [3.63, 3.8) is 0 Å². The zero-order chi connectivity index (χ0) is 0. The van der Waals surface area contributed by atoms with Gasteiger partial charge in [0.25, 0.3) is 0 Å². The summed E-state index contributed by atoms with van der Waals surface area (Å²) in [7, 11) is 0. The monoisotopic (exact) mass is 1210 g/mol. The molecule has 0 spiro atoms. The fourth-order valence-electron chi connectivity index (χ4n) is 0. The van der Waals surface area contributed by atoms with Crippen LogP contribution in [-0.4, -0.2) is 205 Å². The molecular weight excluding hydrogens is 1200 g/mol. The topological polar surface area (TPSA) is 0 Å². The van der Waals surface area contributed by atoms with Gasteiger partial charge in [-0.3, -0.25) is 0 Å². The zero-order valence-electron chi connectivity index (χ0n) is 7.03. The quantitative estimate of drug-likeness (QED) is 0.213.